The van der Waals surface area contributed by atoms with Crippen LogP contribution in [-0.4, -0.2) is 38.2 Å². The van der Waals surface area contributed by atoms with Crippen LogP contribution in [0.4, 0.5) is 0 Å². The third kappa shape index (κ3) is 5.33. The molecule has 0 saturated carbocycles. The third-order valence-corrected chi connectivity index (χ3v) is 4.54. The van der Waals surface area contributed by atoms with Gasteiger partial charge in [-0.3, -0.25) is 4.79 Å². The predicted octanol–water partition coefficient (Wildman–Crippen LogP) is 2.94. The minimum absolute atomic E-state index is 0.00379. The summed E-state index contributed by atoms with van der Waals surface area (Å²) < 4.78 is 0. The van der Waals surface area contributed by atoms with Crippen molar-refractivity contribution in [3.63, 3.8) is 0 Å². The van der Waals surface area contributed by atoms with Crippen LogP contribution < -0.4 is 5.32 Å². The fourth-order valence-electron chi connectivity index (χ4n) is 2.62. The Morgan fingerprint density at radius 2 is 1.97 bits per heavy atom. The van der Waals surface area contributed by atoms with Crippen molar-refractivity contribution in [3.05, 3.63) is 58.1 Å². The molecule has 0 aliphatic rings. The van der Waals surface area contributed by atoms with Gasteiger partial charge in [0.25, 0.3) is 0 Å². The van der Waals surface area contributed by atoms with E-state index in [-0.39, 0.29) is 17.6 Å². The summed E-state index contributed by atoms with van der Waals surface area (Å²) in [5.74, 6) is 6.75. The molecule has 0 aliphatic heterocycles. The highest BCUT2D eigenvalue weighted by atomic mass is 35.5. The van der Waals surface area contributed by atoms with Gasteiger partial charge in [-0.1, -0.05) is 37.3 Å². The van der Waals surface area contributed by atoms with E-state index in [1.165, 1.54) is 12.1 Å². The number of nitrogens with one attached hydrogen (secondary N) is 2. The van der Waals surface area contributed by atoms with E-state index in [0.717, 1.165) is 16.7 Å². The summed E-state index contributed by atoms with van der Waals surface area (Å²) in [5.41, 5.74) is 3.20. The van der Waals surface area contributed by atoms with Crippen molar-refractivity contribution in [2.45, 2.75) is 20.3 Å². The Bertz CT molecular complexity index is 1070. The topological polar surface area (TPSA) is 104 Å². The van der Waals surface area contributed by atoms with Crippen LogP contribution in [0, 0.1) is 17.8 Å². The Hall–Kier alpha value is -3.37. The number of carbonyl (C=O) groups is 1. The summed E-state index contributed by atoms with van der Waals surface area (Å²) in [6.45, 7) is 4.19. The Balaban J connectivity index is 1.89. The monoisotopic (exact) mass is 409 g/mol. The fraction of sp³-hybridized carbons (Fsp3) is 0.238. The van der Waals surface area contributed by atoms with Crippen molar-refractivity contribution in [1.29, 1.82) is 0 Å². The van der Waals surface area contributed by atoms with Crippen molar-refractivity contribution in [2.75, 3.05) is 6.54 Å². The number of H-pyrrole nitrogens is 1. The Morgan fingerprint density at radius 3 is 2.66 bits per heavy atom. The van der Waals surface area contributed by atoms with E-state index >= 15 is 0 Å². The number of hydrogen-bond acceptors (Lipinski definition) is 5. The van der Waals surface area contributed by atoms with Gasteiger partial charge in [0, 0.05) is 29.2 Å². The van der Waals surface area contributed by atoms with E-state index < -0.39 is 0 Å². The van der Waals surface area contributed by atoms with E-state index in [9.17, 15) is 9.90 Å². The summed E-state index contributed by atoms with van der Waals surface area (Å²) in [7, 11) is 0. The number of amides is 1. The van der Waals surface area contributed by atoms with Crippen LogP contribution in [0.15, 0.2) is 36.4 Å². The summed E-state index contributed by atoms with van der Waals surface area (Å²) in [6, 6.07) is 10.4. The lowest BCUT2D eigenvalue weighted by Gasteiger charge is -2.10. The minimum atomic E-state index is -0.0718. The van der Waals surface area contributed by atoms with E-state index in [0.29, 0.717) is 29.4 Å². The molecule has 1 aromatic heterocycles. The molecule has 0 spiro atoms. The molecular formula is C21H20ClN5O2. The third-order valence-electron chi connectivity index (χ3n) is 4.23. The number of benzene rings is 2. The van der Waals surface area contributed by atoms with Gasteiger partial charge in [-0.2, -0.15) is 0 Å². The number of carbonyl (C=O) groups excluding carboxylic acids is 1. The SMILES string of the molecule is CC(C)C(=O)NCCc1cc(-c2nnn[nH]2)ccc1C#Cc1ccc(O)cc1Cl. The van der Waals surface area contributed by atoms with Crippen LogP contribution in [0.2, 0.25) is 5.02 Å². The zero-order valence-electron chi connectivity index (χ0n) is 16.0. The standard InChI is InChI=1S/C21H20ClN5O2/c1-13(2)21(29)23-10-9-16-11-17(20-24-26-27-25-20)6-4-14(16)3-5-15-7-8-18(28)12-19(15)22/h4,6-8,11-13,28H,9-10H2,1-2H3,(H,23,29)(H,24,25,26,27). The van der Waals surface area contributed by atoms with Gasteiger partial charge < -0.3 is 10.4 Å². The molecular weight excluding hydrogens is 390 g/mol. The lowest BCUT2D eigenvalue weighted by atomic mass is 10.0. The highest BCUT2D eigenvalue weighted by Crippen LogP contribution is 2.22. The van der Waals surface area contributed by atoms with Gasteiger partial charge in [0.1, 0.15) is 5.75 Å². The number of tetrazole rings is 1. The highest BCUT2D eigenvalue weighted by molar-refractivity contribution is 6.31. The molecule has 3 rings (SSSR count). The fourth-order valence-corrected chi connectivity index (χ4v) is 2.84. The summed E-state index contributed by atoms with van der Waals surface area (Å²) in [4.78, 5) is 11.8. The lowest BCUT2D eigenvalue weighted by Crippen LogP contribution is -2.29. The first-order chi connectivity index (χ1) is 13.9. The number of nitrogens with zero attached hydrogens (tertiary/aromatic N) is 3. The van der Waals surface area contributed by atoms with Gasteiger partial charge in [0.2, 0.25) is 5.91 Å². The zero-order valence-corrected chi connectivity index (χ0v) is 16.8. The minimum Gasteiger partial charge on any atom is -0.508 e. The van der Waals surface area contributed by atoms with E-state index in [4.69, 9.17) is 11.6 Å². The second kappa shape index (κ2) is 9.22. The van der Waals surface area contributed by atoms with E-state index in [2.05, 4.69) is 37.8 Å². The molecule has 0 unspecified atom stereocenters. The van der Waals surface area contributed by atoms with Crippen LogP contribution in [0.3, 0.4) is 0 Å². The molecule has 29 heavy (non-hydrogen) atoms. The smallest absolute Gasteiger partial charge is 0.222 e. The van der Waals surface area contributed by atoms with E-state index in [1.807, 2.05) is 32.0 Å². The molecule has 0 atom stereocenters. The Morgan fingerprint density at radius 1 is 1.21 bits per heavy atom. The van der Waals surface area contributed by atoms with E-state index in [1.54, 1.807) is 6.07 Å². The van der Waals surface area contributed by atoms with Gasteiger partial charge in [-0.25, -0.2) is 5.10 Å². The zero-order chi connectivity index (χ0) is 20.8. The average molecular weight is 410 g/mol. The normalized spacial score (nSPS) is 10.5. The summed E-state index contributed by atoms with van der Waals surface area (Å²) in [5, 5.41) is 26.7. The molecule has 2 aromatic carbocycles. The predicted molar refractivity (Wildman–Crippen MR) is 110 cm³/mol. The quantitative estimate of drug-likeness (QED) is 0.562. The van der Waals surface area contributed by atoms with Crippen molar-refractivity contribution in [2.24, 2.45) is 5.92 Å². The molecule has 148 valence electrons. The molecule has 8 heteroatoms. The maximum absolute atomic E-state index is 11.8. The molecule has 0 radical (unpaired) electrons. The number of phenols is 1. The van der Waals surface area contributed by atoms with Crippen LogP contribution in [0.25, 0.3) is 11.4 Å². The molecule has 0 fully saturated rings. The maximum Gasteiger partial charge on any atom is 0.222 e. The molecule has 7 nitrogen and oxygen atoms in total. The first-order valence-electron chi connectivity index (χ1n) is 9.09. The number of aromatic nitrogens is 4. The molecule has 0 aliphatic carbocycles. The second-order valence-electron chi connectivity index (χ2n) is 6.73. The van der Waals surface area contributed by atoms with Gasteiger partial charge in [0.05, 0.1) is 5.02 Å². The van der Waals surface area contributed by atoms with Crippen LogP contribution in [-0.2, 0) is 11.2 Å². The molecule has 1 amide bonds. The van der Waals surface area contributed by atoms with Crippen molar-refractivity contribution >= 4 is 17.5 Å². The first-order valence-corrected chi connectivity index (χ1v) is 9.47. The van der Waals surface area contributed by atoms with Gasteiger partial charge in [-0.15, -0.1) is 5.10 Å². The highest BCUT2D eigenvalue weighted by Gasteiger charge is 2.09. The van der Waals surface area contributed by atoms with Crippen molar-refractivity contribution < 1.29 is 9.90 Å². The summed E-state index contributed by atoms with van der Waals surface area (Å²) in [6.07, 6.45) is 0.598. The number of aromatic amines is 1. The van der Waals surface area contributed by atoms with Gasteiger partial charge in [-0.05, 0) is 58.8 Å². The van der Waals surface area contributed by atoms with Crippen LogP contribution in [0.1, 0.15) is 30.5 Å². The number of hydrogen-bond donors (Lipinski definition) is 3. The molecule has 3 N–H and O–H groups in total. The Kier molecular flexibility index (Phi) is 6.47. The molecule has 0 saturated heterocycles. The summed E-state index contributed by atoms with van der Waals surface area (Å²) >= 11 is 6.14. The average Bonchev–Trinajstić information content (AvgIpc) is 3.22. The van der Waals surface area contributed by atoms with Crippen LogP contribution >= 0.6 is 11.6 Å². The first kappa shape index (κ1) is 20.4. The molecule has 0 bridgehead atoms. The Labute approximate surface area is 173 Å². The lowest BCUT2D eigenvalue weighted by molar-refractivity contribution is -0.123. The molecule has 3 aromatic rings. The number of halogens is 1. The molecule has 1 heterocycles. The van der Waals surface area contributed by atoms with Gasteiger partial charge >= 0.3 is 0 Å². The number of aromatic hydroxyl groups is 1. The maximum atomic E-state index is 11.8. The number of rotatable bonds is 5. The van der Waals surface area contributed by atoms with Crippen molar-refractivity contribution in [3.8, 4) is 29.0 Å². The van der Waals surface area contributed by atoms with Crippen LogP contribution in [0.5, 0.6) is 5.75 Å². The van der Waals surface area contributed by atoms with Crippen molar-refractivity contribution in [1.82, 2.24) is 25.9 Å². The largest absolute Gasteiger partial charge is 0.508 e. The van der Waals surface area contributed by atoms with Gasteiger partial charge in [0.15, 0.2) is 5.82 Å². The second-order valence-corrected chi connectivity index (χ2v) is 7.14. The number of phenolic OH excluding ortho intramolecular Hbond substituents is 1.